The molecule has 0 aromatic carbocycles. The van der Waals surface area contributed by atoms with Gasteiger partial charge in [0.1, 0.15) is 5.01 Å². The van der Waals surface area contributed by atoms with Crippen LogP contribution in [0.5, 0.6) is 0 Å². The molecule has 0 N–H and O–H groups in total. The lowest BCUT2D eigenvalue weighted by molar-refractivity contribution is 1.22. The molecule has 12 heavy (non-hydrogen) atoms. The van der Waals surface area contributed by atoms with E-state index in [0.29, 0.717) is 6.54 Å². The third-order valence-electron chi connectivity index (χ3n) is 1.15. The molecule has 62 valence electrons. The van der Waals surface area contributed by atoms with E-state index in [2.05, 4.69) is 15.0 Å². The zero-order valence-corrected chi connectivity index (χ0v) is 7.45. The predicted molar refractivity (Wildman–Crippen MR) is 49.9 cm³/mol. The molecule has 0 unspecified atom stereocenters. The van der Waals surface area contributed by atoms with Crippen LogP contribution in [0.15, 0.2) is 17.4 Å². The highest BCUT2D eigenvalue weighted by Gasteiger charge is 1.90. The highest BCUT2D eigenvalue weighted by molar-refractivity contribution is 7.12. The second-order valence-electron chi connectivity index (χ2n) is 2.12. The van der Waals surface area contributed by atoms with Crippen LogP contribution in [-0.4, -0.2) is 11.5 Å². The Morgan fingerprint density at radius 3 is 3.25 bits per heavy atom. The van der Waals surface area contributed by atoms with Crippen molar-refractivity contribution < 1.29 is 0 Å². The number of nitrogens with zero attached hydrogens (tertiary/aromatic N) is 4. The van der Waals surface area contributed by atoms with Gasteiger partial charge in [0.15, 0.2) is 0 Å². The minimum absolute atomic E-state index is 0.384. The maximum Gasteiger partial charge on any atom is 0.115 e. The van der Waals surface area contributed by atoms with E-state index in [1.807, 2.05) is 19.2 Å². The van der Waals surface area contributed by atoms with Crippen LogP contribution < -0.4 is 0 Å². The third-order valence-corrected chi connectivity index (χ3v) is 2.03. The van der Waals surface area contributed by atoms with Crippen LogP contribution in [0.2, 0.25) is 0 Å². The van der Waals surface area contributed by atoms with Gasteiger partial charge >= 0.3 is 0 Å². The van der Waals surface area contributed by atoms with Crippen molar-refractivity contribution in [2.24, 2.45) is 5.11 Å². The van der Waals surface area contributed by atoms with Crippen LogP contribution in [0, 0.1) is 6.92 Å². The molecule has 0 aliphatic heterocycles. The van der Waals surface area contributed by atoms with Crippen molar-refractivity contribution in [1.82, 2.24) is 4.98 Å². The minimum Gasteiger partial charge on any atom is -0.245 e. The molecule has 0 aliphatic carbocycles. The highest BCUT2D eigenvalue weighted by Crippen LogP contribution is 2.12. The molecule has 1 aromatic rings. The number of aromatic nitrogens is 1. The average molecular weight is 180 g/mol. The predicted octanol–water partition coefficient (Wildman–Crippen LogP) is 2.78. The fourth-order valence-corrected chi connectivity index (χ4v) is 1.39. The molecule has 0 atom stereocenters. The van der Waals surface area contributed by atoms with Gasteiger partial charge in [0.05, 0.1) is 0 Å². The van der Waals surface area contributed by atoms with Gasteiger partial charge in [-0.2, -0.15) is 0 Å². The Balaban J connectivity index is 2.51. The summed E-state index contributed by atoms with van der Waals surface area (Å²) >= 11 is 1.61. The molecule has 4 nitrogen and oxygen atoms in total. The molecule has 0 fully saturated rings. The van der Waals surface area contributed by atoms with E-state index < -0.39 is 0 Å². The first-order chi connectivity index (χ1) is 5.83. The van der Waals surface area contributed by atoms with Crippen LogP contribution in [0.4, 0.5) is 0 Å². The topological polar surface area (TPSA) is 61.7 Å². The maximum absolute atomic E-state index is 7.98. The van der Waals surface area contributed by atoms with E-state index in [1.165, 1.54) is 4.88 Å². The fourth-order valence-electron chi connectivity index (χ4n) is 0.686. The molecule has 0 radical (unpaired) electrons. The second-order valence-corrected chi connectivity index (χ2v) is 3.39. The van der Waals surface area contributed by atoms with E-state index in [0.717, 1.165) is 5.01 Å². The van der Waals surface area contributed by atoms with Gasteiger partial charge in [-0.15, -0.1) is 11.3 Å². The van der Waals surface area contributed by atoms with Gasteiger partial charge in [-0.25, -0.2) is 4.98 Å². The van der Waals surface area contributed by atoms with E-state index in [9.17, 15) is 0 Å². The molecule has 0 saturated carbocycles. The van der Waals surface area contributed by atoms with Crippen LogP contribution in [0.1, 0.15) is 9.88 Å². The number of azide groups is 1. The summed E-state index contributed by atoms with van der Waals surface area (Å²) in [5.41, 5.74) is 7.98. The monoisotopic (exact) mass is 180 g/mol. The third kappa shape index (κ3) is 2.74. The Morgan fingerprint density at radius 1 is 1.83 bits per heavy atom. The lowest BCUT2D eigenvalue weighted by Gasteiger charge is -1.79. The van der Waals surface area contributed by atoms with Gasteiger partial charge in [0.25, 0.3) is 0 Å². The van der Waals surface area contributed by atoms with Crippen molar-refractivity contribution in [3.8, 4) is 0 Å². The largest absolute Gasteiger partial charge is 0.245 e. The zero-order chi connectivity index (χ0) is 8.81. The summed E-state index contributed by atoms with van der Waals surface area (Å²) in [7, 11) is 0. The normalized spacial score (nSPS) is 10.1. The van der Waals surface area contributed by atoms with Crippen LogP contribution in [0.25, 0.3) is 16.5 Å². The second kappa shape index (κ2) is 4.54. The van der Waals surface area contributed by atoms with Crippen LogP contribution in [0.3, 0.4) is 0 Å². The van der Waals surface area contributed by atoms with Gasteiger partial charge < -0.3 is 0 Å². The molecular weight excluding hydrogens is 172 g/mol. The quantitative estimate of drug-likeness (QED) is 0.400. The van der Waals surface area contributed by atoms with Crippen molar-refractivity contribution in [2.45, 2.75) is 6.92 Å². The van der Waals surface area contributed by atoms with E-state index in [4.69, 9.17) is 5.53 Å². The molecule has 0 amide bonds. The van der Waals surface area contributed by atoms with Gasteiger partial charge in [0.2, 0.25) is 0 Å². The van der Waals surface area contributed by atoms with Crippen molar-refractivity contribution in [3.63, 3.8) is 0 Å². The van der Waals surface area contributed by atoms with E-state index in [-0.39, 0.29) is 0 Å². The molecule has 1 aromatic heterocycles. The summed E-state index contributed by atoms with van der Waals surface area (Å²) in [6.45, 7) is 2.39. The summed E-state index contributed by atoms with van der Waals surface area (Å²) < 4.78 is 0. The number of rotatable bonds is 3. The first-order valence-electron chi connectivity index (χ1n) is 3.43. The number of aryl methyl sites for hydroxylation is 1. The number of thiazole rings is 1. The number of hydrogen-bond donors (Lipinski definition) is 0. The Kier molecular flexibility index (Phi) is 3.32. The molecular formula is C7H8N4S. The molecule has 0 spiro atoms. The van der Waals surface area contributed by atoms with Crippen LogP contribution in [-0.2, 0) is 0 Å². The van der Waals surface area contributed by atoms with Crippen LogP contribution >= 0.6 is 11.3 Å². The molecule has 1 heterocycles. The standard InChI is InChI=1S/C7H8N4S/c1-6-5-9-7(12-6)3-2-4-10-11-8/h2-3,5H,4H2,1H3. The van der Waals surface area contributed by atoms with Gasteiger partial charge in [-0.1, -0.05) is 11.2 Å². The lowest BCUT2D eigenvalue weighted by Crippen LogP contribution is -1.68. The summed E-state index contributed by atoms with van der Waals surface area (Å²) in [5.74, 6) is 0. The molecule has 0 bridgehead atoms. The highest BCUT2D eigenvalue weighted by atomic mass is 32.1. The summed E-state index contributed by atoms with van der Waals surface area (Å²) in [5, 5.41) is 4.31. The first-order valence-corrected chi connectivity index (χ1v) is 4.24. The molecule has 0 aliphatic rings. The first kappa shape index (κ1) is 8.77. The van der Waals surface area contributed by atoms with Gasteiger partial charge in [-0.3, -0.25) is 0 Å². The summed E-state index contributed by atoms with van der Waals surface area (Å²) in [6.07, 6.45) is 5.46. The van der Waals surface area contributed by atoms with Gasteiger partial charge in [-0.05, 0) is 18.5 Å². The average Bonchev–Trinajstić information content (AvgIpc) is 2.45. The van der Waals surface area contributed by atoms with Crippen molar-refractivity contribution in [2.75, 3.05) is 6.54 Å². The maximum atomic E-state index is 7.98. The Labute approximate surface area is 74.2 Å². The Bertz CT molecular complexity index is 322. The Hall–Kier alpha value is -1.32. The van der Waals surface area contributed by atoms with Crippen molar-refractivity contribution in [3.05, 3.63) is 32.6 Å². The van der Waals surface area contributed by atoms with E-state index >= 15 is 0 Å². The molecule has 0 saturated heterocycles. The van der Waals surface area contributed by atoms with E-state index in [1.54, 1.807) is 17.4 Å². The minimum atomic E-state index is 0.384. The molecule has 1 rings (SSSR count). The Morgan fingerprint density at radius 2 is 2.67 bits per heavy atom. The SMILES string of the molecule is Cc1cnc(C=CCN=[N+]=[N-])s1. The summed E-state index contributed by atoms with van der Waals surface area (Å²) in [4.78, 5) is 7.92. The lowest BCUT2D eigenvalue weighted by atomic mass is 10.5. The van der Waals surface area contributed by atoms with Crippen molar-refractivity contribution >= 4 is 17.4 Å². The fraction of sp³-hybridized carbons (Fsp3) is 0.286. The van der Waals surface area contributed by atoms with Crippen molar-refractivity contribution in [1.29, 1.82) is 0 Å². The summed E-state index contributed by atoms with van der Waals surface area (Å²) in [6, 6.07) is 0. The number of hydrogen-bond acceptors (Lipinski definition) is 3. The smallest absolute Gasteiger partial charge is 0.115 e. The van der Waals surface area contributed by atoms with Gasteiger partial charge in [0, 0.05) is 22.5 Å². The zero-order valence-electron chi connectivity index (χ0n) is 6.64. The molecule has 5 heteroatoms.